The normalized spacial score (nSPS) is 32.8. The molecule has 0 spiro atoms. The van der Waals surface area contributed by atoms with Gasteiger partial charge in [0.2, 0.25) is 0 Å². The van der Waals surface area contributed by atoms with E-state index in [9.17, 15) is 9.59 Å². The van der Waals surface area contributed by atoms with E-state index in [2.05, 4.69) is 0 Å². The van der Waals surface area contributed by atoms with Crippen LogP contribution >= 0.6 is 0 Å². The van der Waals surface area contributed by atoms with Gasteiger partial charge in [-0.15, -0.1) is 0 Å². The SMILES string of the molecule is CC(C)(C)OC(=O)N1[C@H]([C@@H]2OC(C)(C)O[C@@H]2C=O)COC1(C)C. The molecule has 2 saturated heterocycles. The highest BCUT2D eigenvalue weighted by molar-refractivity contribution is 5.70. The van der Waals surface area contributed by atoms with Crippen molar-refractivity contribution in [3.8, 4) is 0 Å². The van der Waals surface area contributed by atoms with E-state index >= 15 is 0 Å². The van der Waals surface area contributed by atoms with Crippen LogP contribution in [0, 0.1) is 0 Å². The molecule has 2 heterocycles. The highest BCUT2D eigenvalue weighted by Crippen LogP contribution is 2.37. The summed E-state index contributed by atoms with van der Waals surface area (Å²) in [5.41, 5.74) is -1.48. The first kappa shape index (κ1) is 18.2. The van der Waals surface area contributed by atoms with E-state index in [0.29, 0.717) is 6.29 Å². The molecular formula is C16H27NO6. The lowest BCUT2D eigenvalue weighted by Crippen LogP contribution is -2.55. The lowest BCUT2D eigenvalue weighted by molar-refractivity contribution is -0.153. The van der Waals surface area contributed by atoms with Crippen molar-refractivity contribution in [1.82, 2.24) is 4.90 Å². The fourth-order valence-corrected chi connectivity index (χ4v) is 2.96. The summed E-state index contributed by atoms with van der Waals surface area (Å²) >= 11 is 0. The number of hydrogen-bond donors (Lipinski definition) is 0. The Morgan fingerprint density at radius 2 is 1.83 bits per heavy atom. The van der Waals surface area contributed by atoms with Gasteiger partial charge in [-0.3, -0.25) is 4.90 Å². The van der Waals surface area contributed by atoms with Crippen LogP contribution < -0.4 is 0 Å². The standard InChI is InChI=1S/C16H27NO6/c1-14(2,3)23-13(19)17-10(9-20-15(17,4)5)12-11(8-18)21-16(6,7)22-12/h8,10-12H,9H2,1-7H3/t10-,11+,12-/m0/s1. The van der Waals surface area contributed by atoms with Gasteiger partial charge >= 0.3 is 6.09 Å². The minimum absolute atomic E-state index is 0.251. The van der Waals surface area contributed by atoms with Gasteiger partial charge in [0.05, 0.1) is 12.6 Å². The van der Waals surface area contributed by atoms with Crippen LogP contribution in [-0.2, 0) is 23.7 Å². The van der Waals surface area contributed by atoms with Crippen molar-refractivity contribution in [2.24, 2.45) is 0 Å². The van der Waals surface area contributed by atoms with Crippen molar-refractivity contribution >= 4 is 12.4 Å². The molecule has 0 aromatic rings. The first-order valence-corrected chi connectivity index (χ1v) is 7.83. The maximum Gasteiger partial charge on any atom is 0.412 e. The zero-order valence-corrected chi connectivity index (χ0v) is 14.9. The van der Waals surface area contributed by atoms with Crippen LogP contribution in [0.4, 0.5) is 4.79 Å². The molecule has 2 rings (SSSR count). The zero-order valence-electron chi connectivity index (χ0n) is 14.9. The van der Waals surface area contributed by atoms with Crippen LogP contribution in [-0.4, -0.2) is 59.2 Å². The van der Waals surface area contributed by atoms with Gasteiger partial charge in [-0.1, -0.05) is 0 Å². The van der Waals surface area contributed by atoms with Crippen molar-refractivity contribution in [3.63, 3.8) is 0 Å². The predicted molar refractivity (Wildman–Crippen MR) is 81.8 cm³/mol. The summed E-state index contributed by atoms with van der Waals surface area (Å²) in [6.45, 7) is 12.7. The zero-order chi connectivity index (χ0) is 17.6. The molecule has 0 bridgehead atoms. The van der Waals surface area contributed by atoms with E-state index in [4.69, 9.17) is 18.9 Å². The summed E-state index contributed by atoms with van der Waals surface area (Å²) in [7, 11) is 0. The Morgan fingerprint density at radius 1 is 1.22 bits per heavy atom. The van der Waals surface area contributed by atoms with Gasteiger partial charge in [0.15, 0.2) is 12.1 Å². The molecule has 0 unspecified atom stereocenters. The van der Waals surface area contributed by atoms with Crippen LogP contribution in [0.5, 0.6) is 0 Å². The van der Waals surface area contributed by atoms with Gasteiger partial charge < -0.3 is 23.7 Å². The molecule has 1 amide bonds. The van der Waals surface area contributed by atoms with Crippen molar-refractivity contribution < 1.29 is 28.5 Å². The summed E-state index contributed by atoms with van der Waals surface area (Å²) in [5.74, 6) is -0.886. The first-order chi connectivity index (χ1) is 10.4. The number of ether oxygens (including phenoxy) is 4. The van der Waals surface area contributed by atoms with Crippen LogP contribution in [0.25, 0.3) is 0 Å². The summed E-state index contributed by atoms with van der Waals surface area (Å²) in [4.78, 5) is 25.5. The second kappa shape index (κ2) is 5.72. The van der Waals surface area contributed by atoms with E-state index in [1.54, 1.807) is 48.5 Å². The molecule has 132 valence electrons. The molecule has 2 fully saturated rings. The van der Waals surface area contributed by atoms with E-state index < -0.39 is 41.5 Å². The first-order valence-electron chi connectivity index (χ1n) is 7.83. The minimum Gasteiger partial charge on any atom is -0.444 e. The summed E-state index contributed by atoms with van der Waals surface area (Å²) < 4.78 is 22.7. The molecular weight excluding hydrogens is 302 g/mol. The van der Waals surface area contributed by atoms with E-state index in [0.717, 1.165) is 0 Å². The molecule has 0 aromatic heterocycles. The third-order valence-corrected chi connectivity index (χ3v) is 3.79. The van der Waals surface area contributed by atoms with Gasteiger partial charge in [-0.05, 0) is 48.5 Å². The average molecular weight is 329 g/mol. The Labute approximate surface area is 137 Å². The lowest BCUT2D eigenvalue weighted by atomic mass is 10.1. The third kappa shape index (κ3) is 3.84. The Kier molecular flexibility index (Phi) is 4.52. The quantitative estimate of drug-likeness (QED) is 0.722. The largest absolute Gasteiger partial charge is 0.444 e. The van der Waals surface area contributed by atoms with Gasteiger partial charge in [0.25, 0.3) is 0 Å². The Bertz CT molecular complexity index is 481. The molecule has 0 aromatic carbocycles. The number of aldehydes is 1. The number of carbonyl (C=O) groups is 2. The van der Waals surface area contributed by atoms with Crippen LogP contribution in [0.15, 0.2) is 0 Å². The lowest BCUT2D eigenvalue weighted by Gasteiger charge is -2.37. The molecule has 7 heteroatoms. The molecule has 2 aliphatic heterocycles. The highest BCUT2D eigenvalue weighted by atomic mass is 16.8. The van der Waals surface area contributed by atoms with E-state index in [1.807, 2.05) is 0 Å². The van der Waals surface area contributed by atoms with Crippen molar-refractivity contribution in [3.05, 3.63) is 0 Å². The van der Waals surface area contributed by atoms with Gasteiger partial charge in [-0.2, -0.15) is 0 Å². The third-order valence-electron chi connectivity index (χ3n) is 3.79. The highest BCUT2D eigenvalue weighted by Gasteiger charge is 2.55. The smallest absolute Gasteiger partial charge is 0.412 e. The average Bonchev–Trinajstić information content (AvgIpc) is 2.82. The van der Waals surface area contributed by atoms with Crippen molar-refractivity contribution in [2.45, 2.75) is 83.8 Å². The van der Waals surface area contributed by atoms with E-state index in [-0.39, 0.29) is 6.61 Å². The molecule has 0 radical (unpaired) electrons. The van der Waals surface area contributed by atoms with Crippen LogP contribution in [0.3, 0.4) is 0 Å². The minimum atomic E-state index is -0.886. The maximum absolute atomic E-state index is 12.6. The number of amides is 1. The fourth-order valence-electron chi connectivity index (χ4n) is 2.96. The maximum atomic E-state index is 12.6. The predicted octanol–water partition coefficient (Wildman–Crippen LogP) is 2.08. The number of hydrogen-bond acceptors (Lipinski definition) is 6. The summed E-state index contributed by atoms with van der Waals surface area (Å²) in [6.07, 6.45) is -1.14. The number of nitrogens with zero attached hydrogens (tertiary/aromatic N) is 1. The molecule has 0 N–H and O–H groups in total. The summed E-state index contributed by atoms with van der Waals surface area (Å²) in [6, 6.07) is -0.461. The van der Waals surface area contributed by atoms with Crippen LogP contribution in [0.2, 0.25) is 0 Å². The molecule has 2 aliphatic rings. The Morgan fingerprint density at radius 3 is 2.35 bits per heavy atom. The van der Waals surface area contributed by atoms with Crippen molar-refractivity contribution in [2.75, 3.05) is 6.61 Å². The molecule has 3 atom stereocenters. The molecule has 0 aliphatic carbocycles. The number of carbonyl (C=O) groups excluding carboxylic acids is 2. The topological polar surface area (TPSA) is 74.3 Å². The second-order valence-electron chi connectivity index (χ2n) is 7.88. The van der Waals surface area contributed by atoms with Crippen molar-refractivity contribution in [1.29, 1.82) is 0 Å². The monoisotopic (exact) mass is 329 g/mol. The fraction of sp³-hybridized carbons (Fsp3) is 0.875. The Balaban J connectivity index is 2.26. The van der Waals surface area contributed by atoms with Gasteiger partial charge in [-0.25, -0.2) is 4.79 Å². The van der Waals surface area contributed by atoms with E-state index in [1.165, 1.54) is 4.90 Å². The van der Waals surface area contributed by atoms with Gasteiger partial charge in [0.1, 0.15) is 23.5 Å². The van der Waals surface area contributed by atoms with Gasteiger partial charge in [0, 0.05) is 0 Å². The molecule has 23 heavy (non-hydrogen) atoms. The summed E-state index contributed by atoms with van der Waals surface area (Å²) in [5, 5.41) is 0. The molecule has 0 saturated carbocycles. The second-order valence-corrected chi connectivity index (χ2v) is 7.88. The Hall–Kier alpha value is -1.18. The number of rotatable bonds is 2. The van der Waals surface area contributed by atoms with Crippen LogP contribution in [0.1, 0.15) is 48.5 Å². The molecule has 7 nitrogen and oxygen atoms in total.